The van der Waals surface area contributed by atoms with Crippen LogP contribution in [0.25, 0.3) is 0 Å². The number of hydrogen-bond donors (Lipinski definition) is 1. The fourth-order valence-corrected chi connectivity index (χ4v) is 4.25. The van der Waals surface area contributed by atoms with Crippen molar-refractivity contribution >= 4 is 21.6 Å². The van der Waals surface area contributed by atoms with Crippen molar-refractivity contribution in [1.29, 1.82) is 0 Å². The van der Waals surface area contributed by atoms with Crippen molar-refractivity contribution in [2.45, 2.75) is 36.7 Å². The largest absolute Gasteiger partial charge is 0.328 e. The third-order valence-electron chi connectivity index (χ3n) is 3.35. The lowest BCUT2D eigenvalue weighted by atomic mass is 10.0. The van der Waals surface area contributed by atoms with Crippen LogP contribution in [0.5, 0.6) is 0 Å². The van der Waals surface area contributed by atoms with Gasteiger partial charge in [-0.3, -0.25) is 0 Å². The smallest absolute Gasteiger partial charge is 0.243 e. The summed E-state index contributed by atoms with van der Waals surface area (Å²) < 4.78 is 39.4. The van der Waals surface area contributed by atoms with Crippen LogP contribution in [0.1, 0.15) is 19.8 Å². The fourth-order valence-electron chi connectivity index (χ4n) is 2.32. The first kappa shape index (κ1) is 14.7. The van der Waals surface area contributed by atoms with E-state index in [1.807, 2.05) is 6.92 Å². The average molecular weight is 307 g/mol. The van der Waals surface area contributed by atoms with Gasteiger partial charge in [0.25, 0.3) is 0 Å². The number of benzene rings is 1. The van der Waals surface area contributed by atoms with Crippen LogP contribution in [0.3, 0.4) is 0 Å². The molecule has 106 valence electrons. The monoisotopic (exact) mass is 306 g/mol. The van der Waals surface area contributed by atoms with E-state index in [0.29, 0.717) is 19.4 Å². The van der Waals surface area contributed by atoms with Crippen molar-refractivity contribution in [2.24, 2.45) is 5.73 Å². The number of nitrogens with zero attached hydrogens (tertiary/aromatic N) is 1. The standard InChI is InChI=1S/C12H16ClFN2O2S/c1-8-6-9(15)4-5-16(8)19(17,18)10-2-3-12(14)11(13)7-10/h2-3,7-9H,4-6,15H2,1H3. The van der Waals surface area contributed by atoms with Gasteiger partial charge in [0.2, 0.25) is 10.0 Å². The SMILES string of the molecule is CC1CC(N)CCN1S(=O)(=O)c1ccc(F)c(Cl)c1. The van der Waals surface area contributed by atoms with Gasteiger partial charge in [-0.15, -0.1) is 0 Å². The number of piperidine rings is 1. The molecule has 2 N–H and O–H groups in total. The molecular formula is C12H16ClFN2O2S. The maximum absolute atomic E-state index is 13.1. The Hall–Kier alpha value is -0.690. The molecule has 1 aromatic rings. The number of halogens is 2. The third kappa shape index (κ3) is 2.91. The number of nitrogens with two attached hydrogens (primary N) is 1. The molecule has 0 saturated carbocycles. The highest BCUT2D eigenvalue weighted by atomic mass is 35.5. The first-order chi connectivity index (χ1) is 8.82. The quantitative estimate of drug-likeness (QED) is 0.908. The Bertz CT molecular complexity index is 579. The predicted molar refractivity (Wildman–Crippen MR) is 72.0 cm³/mol. The molecule has 0 aliphatic carbocycles. The van der Waals surface area contributed by atoms with Gasteiger partial charge in [0.15, 0.2) is 0 Å². The molecule has 19 heavy (non-hydrogen) atoms. The molecule has 0 spiro atoms. The summed E-state index contributed by atoms with van der Waals surface area (Å²) in [7, 11) is -3.65. The van der Waals surface area contributed by atoms with Crippen LogP contribution >= 0.6 is 11.6 Å². The van der Waals surface area contributed by atoms with Gasteiger partial charge in [0.05, 0.1) is 9.92 Å². The topological polar surface area (TPSA) is 63.4 Å². The van der Waals surface area contributed by atoms with E-state index in [4.69, 9.17) is 17.3 Å². The Balaban J connectivity index is 2.34. The van der Waals surface area contributed by atoms with Gasteiger partial charge in [-0.1, -0.05) is 11.6 Å². The van der Waals surface area contributed by atoms with Crippen LogP contribution in [0.2, 0.25) is 5.02 Å². The Kier molecular flexibility index (Phi) is 4.15. The van der Waals surface area contributed by atoms with E-state index in [-0.39, 0.29) is 22.0 Å². The summed E-state index contributed by atoms with van der Waals surface area (Å²) >= 11 is 5.64. The first-order valence-electron chi connectivity index (χ1n) is 6.05. The van der Waals surface area contributed by atoms with Gasteiger partial charge >= 0.3 is 0 Å². The molecule has 4 nitrogen and oxygen atoms in total. The molecule has 2 unspecified atom stereocenters. The molecule has 1 aromatic carbocycles. The molecule has 2 atom stereocenters. The Morgan fingerprint density at radius 1 is 1.47 bits per heavy atom. The molecule has 0 radical (unpaired) electrons. The van der Waals surface area contributed by atoms with Crippen LogP contribution in [0.15, 0.2) is 23.1 Å². The summed E-state index contributed by atoms with van der Waals surface area (Å²) in [6.45, 7) is 2.20. The maximum Gasteiger partial charge on any atom is 0.243 e. The number of sulfonamides is 1. The van der Waals surface area contributed by atoms with Crippen molar-refractivity contribution < 1.29 is 12.8 Å². The lowest BCUT2D eigenvalue weighted by Gasteiger charge is -2.35. The van der Waals surface area contributed by atoms with E-state index in [1.165, 1.54) is 10.4 Å². The zero-order valence-electron chi connectivity index (χ0n) is 10.5. The fraction of sp³-hybridized carbons (Fsp3) is 0.500. The van der Waals surface area contributed by atoms with E-state index in [2.05, 4.69) is 0 Å². The minimum atomic E-state index is -3.65. The molecule has 1 aliphatic rings. The molecule has 1 heterocycles. The van der Waals surface area contributed by atoms with Crippen LogP contribution in [-0.4, -0.2) is 31.4 Å². The Morgan fingerprint density at radius 2 is 2.16 bits per heavy atom. The van der Waals surface area contributed by atoms with Gasteiger partial charge in [0, 0.05) is 18.6 Å². The van der Waals surface area contributed by atoms with E-state index in [1.54, 1.807) is 0 Å². The Labute approximate surface area is 117 Å². The molecule has 0 amide bonds. The van der Waals surface area contributed by atoms with Crippen LogP contribution in [-0.2, 0) is 10.0 Å². The molecule has 1 saturated heterocycles. The minimum Gasteiger partial charge on any atom is -0.328 e. The molecule has 1 aliphatic heterocycles. The highest BCUT2D eigenvalue weighted by Crippen LogP contribution is 2.27. The van der Waals surface area contributed by atoms with Crippen molar-refractivity contribution in [1.82, 2.24) is 4.31 Å². The van der Waals surface area contributed by atoms with Gasteiger partial charge in [-0.25, -0.2) is 12.8 Å². The molecular weight excluding hydrogens is 291 g/mol. The molecule has 1 fully saturated rings. The second-order valence-electron chi connectivity index (χ2n) is 4.83. The van der Waals surface area contributed by atoms with Crippen LogP contribution < -0.4 is 5.73 Å². The summed E-state index contributed by atoms with van der Waals surface area (Å²) in [5.74, 6) is -0.630. The van der Waals surface area contributed by atoms with Gasteiger partial charge in [-0.05, 0) is 38.0 Å². The summed E-state index contributed by atoms with van der Waals surface area (Å²) in [5, 5.41) is -0.192. The molecule has 2 rings (SSSR count). The number of rotatable bonds is 2. The van der Waals surface area contributed by atoms with E-state index in [0.717, 1.165) is 12.1 Å². The summed E-state index contributed by atoms with van der Waals surface area (Å²) in [5.41, 5.74) is 5.82. The molecule has 0 aromatic heterocycles. The molecule has 7 heteroatoms. The van der Waals surface area contributed by atoms with E-state index >= 15 is 0 Å². The summed E-state index contributed by atoms with van der Waals surface area (Å²) in [6, 6.07) is 3.30. The lowest BCUT2D eigenvalue weighted by Crippen LogP contribution is -2.48. The predicted octanol–water partition coefficient (Wildman–Crippen LogP) is 1.98. The summed E-state index contributed by atoms with van der Waals surface area (Å²) in [6.07, 6.45) is 1.24. The van der Waals surface area contributed by atoms with Crippen molar-refractivity contribution in [3.8, 4) is 0 Å². The second-order valence-corrected chi connectivity index (χ2v) is 7.12. The van der Waals surface area contributed by atoms with E-state index in [9.17, 15) is 12.8 Å². The highest BCUT2D eigenvalue weighted by molar-refractivity contribution is 7.89. The average Bonchev–Trinajstić information content (AvgIpc) is 2.32. The van der Waals surface area contributed by atoms with Crippen molar-refractivity contribution in [3.05, 3.63) is 29.0 Å². The number of hydrogen-bond acceptors (Lipinski definition) is 3. The van der Waals surface area contributed by atoms with E-state index < -0.39 is 15.8 Å². The van der Waals surface area contributed by atoms with Crippen LogP contribution in [0.4, 0.5) is 4.39 Å². The van der Waals surface area contributed by atoms with Crippen LogP contribution in [0, 0.1) is 5.82 Å². The summed E-state index contributed by atoms with van der Waals surface area (Å²) in [4.78, 5) is 0.0150. The minimum absolute atomic E-state index is 0.0150. The second kappa shape index (κ2) is 5.36. The third-order valence-corrected chi connectivity index (χ3v) is 5.65. The molecule has 0 bridgehead atoms. The normalized spacial score (nSPS) is 25.5. The highest BCUT2D eigenvalue weighted by Gasteiger charge is 2.33. The van der Waals surface area contributed by atoms with Gasteiger partial charge in [0.1, 0.15) is 5.82 Å². The maximum atomic E-state index is 13.1. The van der Waals surface area contributed by atoms with Gasteiger partial charge < -0.3 is 5.73 Å². The first-order valence-corrected chi connectivity index (χ1v) is 7.86. The van der Waals surface area contributed by atoms with Gasteiger partial charge in [-0.2, -0.15) is 4.31 Å². The van der Waals surface area contributed by atoms with Crippen molar-refractivity contribution in [3.63, 3.8) is 0 Å². The lowest BCUT2D eigenvalue weighted by molar-refractivity contribution is 0.247. The van der Waals surface area contributed by atoms with Crippen molar-refractivity contribution in [2.75, 3.05) is 6.54 Å². The Morgan fingerprint density at radius 3 is 2.74 bits per heavy atom. The zero-order valence-corrected chi connectivity index (χ0v) is 12.1. The zero-order chi connectivity index (χ0) is 14.2.